The Labute approximate surface area is 372 Å². The summed E-state index contributed by atoms with van der Waals surface area (Å²) in [6, 6.07) is 49.0. The number of aromatic nitrogens is 8. The summed E-state index contributed by atoms with van der Waals surface area (Å²) in [5.74, 6) is 4.03. The van der Waals surface area contributed by atoms with E-state index in [1.54, 1.807) is 0 Å². The SMILES string of the molecule is Cc1ccc2c(c1)c1cc(C)ccc1n2-c1cc(-c2cccc(-c3ccc(-n4c5ccc(C)cc5c5cc(C)ccc54)c(-c4nc(C)nc(C)n4)c3)c2)cc(-c2nc(C)nc(C)n2)c1. The monoisotopic (exact) mass is 830 g/mol. The van der Waals surface area contributed by atoms with Crippen LogP contribution in [0, 0.1) is 55.4 Å². The van der Waals surface area contributed by atoms with Crippen LogP contribution in [0.2, 0.25) is 0 Å². The standard InChI is InChI=1S/C56H46N8/c1-31-12-17-50-45(22-31)46-23-32(2)13-18-51(46)63(50)44-28-42(27-43(29-44)55-59-35(5)57-36(6)60-55)40-11-9-10-39(26-40)41-16-21-54(49(30-41)56-61-37(7)58-38(8)62-56)64-52-19-14-33(3)24-47(52)48-25-34(4)15-20-53(48)64/h9-30H,1-8H3. The van der Waals surface area contributed by atoms with Gasteiger partial charge in [0.2, 0.25) is 0 Å². The Balaban J connectivity index is 1.12. The lowest BCUT2D eigenvalue weighted by molar-refractivity contribution is 0.926. The fourth-order valence-electron chi connectivity index (χ4n) is 9.52. The Bertz CT molecular complexity index is 3560. The average molecular weight is 831 g/mol. The van der Waals surface area contributed by atoms with Crippen LogP contribution in [0.4, 0.5) is 0 Å². The predicted molar refractivity (Wildman–Crippen MR) is 262 cm³/mol. The van der Waals surface area contributed by atoms with Gasteiger partial charge in [0.1, 0.15) is 23.3 Å². The van der Waals surface area contributed by atoms with Crippen LogP contribution in [0.5, 0.6) is 0 Å². The first-order valence-corrected chi connectivity index (χ1v) is 21.8. The Kier molecular flexibility index (Phi) is 9.10. The Hall–Kier alpha value is -7.84. The van der Waals surface area contributed by atoms with Crippen molar-refractivity contribution in [1.29, 1.82) is 0 Å². The maximum atomic E-state index is 4.95. The van der Waals surface area contributed by atoms with Crippen molar-refractivity contribution >= 4 is 43.6 Å². The molecule has 0 N–H and O–H groups in total. The number of benzene rings is 7. The third kappa shape index (κ3) is 6.70. The fraction of sp³-hybridized carbons (Fsp3) is 0.143. The summed E-state index contributed by atoms with van der Waals surface area (Å²) < 4.78 is 4.74. The van der Waals surface area contributed by atoms with E-state index in [1.807, 2.05) is 27.7 Å². The highest BCUT2D eigenvalue weighted by molar-refractivity contribution is 6.11. The molecule has 0 radical (unpaired) electrons. The van der Waals surface area contributed by atoms with Crippen LogP contribution in [-0.2, 0) is 0 Å². The fourth-order valence-corrected chi connectivity index (χ4v) is 9.52. The highest BCUT2D eigenvalue weighted by atomic mass is 15.0. The van der Waals surface area contributed by atoms with Gasteiger partial charge < -0.3 is 9.13 Å². The first-order chi connectivity index (χ1) is 30.9. The van der Waals surface area contributed by atoms with E-state index >= 15 is 0 Å². The molecular weight excluding hydrogens is 785 g/mol. The number of rotatable bonds is 6. The van der Waals surface area contributed by atoms with E-state index in [0.717, 1.165) is 66.8 Å². The lowest BCUT2D eigenvalue weighted by Gasteiger charge is -2.16. The summed E-state index contributed by atoms with van der Waals surface area (Å²) in [7, 11) is 0. The lowest BCUT2D eigenvalue weighted by Crippen LogP contribution is -2.03. The van der Waals surface area contributed by atoms with Crippen molar-refractivity contribution in [3.05, 3.63) is 179 Å². The molecule has 0 spiro atoms. The van der Waals surface area contributed by atoms with E-state index in [2.05, 4.69) is 180 Å². The molecule has 11 aromatic rings. The normalized spacial score (nSPS) is 11.8. The highest BCUT2D eigenvalue weighted by Crippen LogP contribution is 2.40. The molecule has 0 saturated heterocycles. The maximum Gasteiger partial charge on any atom is 0.165 e. The quantitative estimate of drug-likeness (QED) is 0.166. The summed E-state index contributed by atoms with van der Waals surface area (Å²) in [5.41, 5.74) is 17.6. The van der Waals surface area contributed by atoms with Gasteiger partial charge in [-0.3, -0.25) is 0 Å². The smallest absolute Gasteiger partial charge is 0.165 e. The molecule has 8 heteroatoms. The van der Waals surface area contributed by atoms with Gasteiger partial charge in [-0.15, -0.1) is 0 Å². The highest BCUT2D eigenvalue weighted by Gasteiger charge is 2.21. The minimum Gasteiger partial charge on any atom is -0.309 e. The first-order valence-electron chi connectivity index (χ1n) is 21.8. The number of fused-ring (bicyclic) bond motifs is 6. The number of aryl methyl sites for hydroxylation is 8. The molecule has 4 heterocycles. The summed E-state index contributed by atoms with van der Waals surface area (Å²) in [6.45, 7) is 16.3. The molecule has 0 unspecified atom stereocenters. The van der Waals surface area contributed by atoms with E-state index in [-0.39, 0.29) is 0 Å². The zero-order valence-corrected chi connectivity index (χ0v) is 37.3. The molecule has 8 nitrogen and oxygen atoms in total. The van der Waals surface area contributed by atoms with Crippen molar-refractivity contribution in [2.75, 3.05) is 0 Å². The molecule has 0 saturated carbocycles. The minimum absolute atomic E-state index is 0.643. The topological polar surface area (TPSA) is 87.2 Å². The molecule has 0 aliphatic rings. The molecule has 7 aromatic carbocycles. The van der Waals surface area contributed by atoms with E-state index in [4.69, 9.17) is 19.9 Å². The minimum atomic E-state index is 0.643. The second kappa shape index (κ2) is 14.9. The largest absolute Gasteiger partial charge is 0.309 e. The predicted octanol–water partition coefficient (Wildman–Crippen LogP) is 13.4. The van der Waals surface area contributed by atoms with Gasteiger partial charge in [0, 0.05) is 38.4 Å². The van der Waals surface area contributed by atoms with Gasteiger partial charge in [0.05, 0.1) is 27.8 Å². The van der Waals surface area contributed by atoms with Gasteiger partial charge in [-0.25, -0.2) is 29.9 Å². The summed E-state index contributed by atoms with van der Waals surface area (Å²) in [4.78, 5) is 28.7. The third-order valence-corrected chi connectivity index (χ3v) is 12.3. The summed E-state index contributed by atoms with van der Waals surface area (Å²) >= 11 is 0. The maximum absolute atomic E-state index is 4.95. The molecule has 0 aliphatic heterocycles. The molecule has 0 atom stereocenters. The third-order valence-electron chi connectivity index (χ3n) is 12.3. The van der Waals surface area contributed by atoms with E-state index in [1.165, 1.54) is 43.8 Å². The van der Waals surface area contributed by atoms with Crippen molar-refractivity contribution in [2.45, 2.75) is 55.4 Å². The van der Waals surface area contributed by atoms with Crippen LogP contribution in [0.3, 0.4) is 0 Å². The van der Waals surface area contributed by atoms with Gasteiger partial charge in [0.25, 0.3) is 0 Å². The lowest BCUT2D eigenvalue weighted by atomic mass is 9.95. The van der Waals surface area contributed by atoms with Crippen LogP contribution in [-0.4, -0.2) is 39.0 Å². The Morgan fingerprint density at radius 3 is 1.22 bits per heavy atom. The molecule has 0 amide bonds. The van der Waals surface area contributed by atoms with Crippen LogP contribution in [0.1, 0.15) is 45.6 Å². The van der Waals surface area contributed by atoms with Crippen LogP contribution in [0.15, 0.2) is 133 Å². The molecule has 310 valence electrons. The van der Waals surface area contributed by atoms with Crippen LogP contribution >= 0.6 is 0 Å². The van der Waals surface area contributed by atoms with Crippen LogP contribution < -0.4 is 0 Å². The van der Waals surface area contributed by atoms with Crippen molar-refractivity contribution in [1.82, 2.24) is 39.0 Å². The van der Waals surface area contributed by atoms with Gasteiger partial charge in [-0.1, -0.05) is 70.8 Å². The summed E-state index contributed by atoms with van der Waals surface area (Å²) in [6.07, 6.45) is 0. The molecule has 0 aliphatic carbocycles. The number of hydrogen-bond acceptors (Lipinski definition) is 6. The van der Waals surface area contributed by atoms with Gasteiger partial charge in [-0.05, 0) is 163 Å². The van der Waals surface area contributed by atoms with Crippen molar-refractivity contribution in [3.63, 3.8) is 0 Å². The summed E-state index contributed by atoms with van der Waals surface area (Å²) in [5, 5.41) is 4.90. The number of nitrogens with zero attached hydrogens (tertiary/aromatic N) is 8. The van der Waals surface area contributed by atoms with Crippen molar-refractivity contribution in [2.24, 2.45) is 0 Å². The van der Waals surface area contributed by atoms with E-state index in [9.17, 15) is 0 Å². The molecule has 4 aromatic heterocycles. The number of hydrogen-bond donors (Lipinski definition) is 0. The molecule has 64 heavy (non-hydrogen) atoms. The van der Waals surface area contributed by atoms with Gasteiger partial charge in [0.15, 0.2) is 11.6 Å². The molecule has 0 fully saturated rings. The van der Waals surface area contributed by atoms with Crippen LogP contribution in [0.25, 0.3) is 100 Å². The average Bonchev–Trinajstić information content (AvgIpc) is 3.76. The van der Waals surface area contributed by atoms with Gasteiger partial charge >= 0.3 is 0 Å². The second-order valence-corrected chi connectivity index (χ2v) is 17.3. The zero-order chi connectivity index (χ0) is 44.0. The Morgan fingerprint density at radius 1 is 0.312 bits per heavy atom. The first kappa shape index (κ1) is 39.0. The van der Waals surface area contributed by atoms with Crippen molar-refractivity contribution < 1.29 is 0 Å². The Morgan fingerprint density at radius 2 is 0.719 bits per heavy atom. The van der Waals surface area contributed by atoms with Gasteiger partial charge in [-0.2, -0.15) is 0 Å². The molecule has 0 bridgehead atoms. The molecular formula is C56H46N8. The second-order valence-electron chi connectivity index (χ2n) is 17.3. The van der Waals surface area contributed by atoms with E-state index < -0.39 is 0 Å². The van der Waals surface area contributed by atoms with E-state index in [0.29, 0.717) is 34.9 Å². The molecule has 11 rings (SSSR count). The zero-order valence-electron chi connectivity index (χ0n) is 37.3. The van der Waals surface area contributed by atoms with Crippen molar-refractivity contribution in [3.8, 4) is 56.4 Å².